The molecule has 32 heavy (non-hydrogen) atoms. The summed E-state index contributed by atoms with van der Waals surface area (Å²) >= 11 is 0.467. The molecule has 0 spiro atoms. The van der Waals surface area contributed by atoms with Crippen molar-refractivity contribution >= 4 is 39.5 Å². The fraction of sp³-hybridized carbons (Fsp3) is 0.0625. The van der Waals surface area contributed by atoms with E-state index in [1.807, 2.05) is 0 Å². The normalized spacial score (nSPS) is 11.8. The summed E-state index contributed by atoms with van der Waals surface area (Å²) in [5.41, 5.74) is 3.48. The highest BCUT2D eigenvalue weighted by molar-refractivity contribution is 7.99. The summed E-state index contributed by atoms with van der Waals surface area (Å²) in [6.07, 6.45) is -4.79. The molecule has 0 bridgehead atoms. The Labute approximate surface area is 181 Å². The molecule has 0 saturated heterocycles. The molecular formula is C16H11F3N6O5S2. The van der Waals surface area contributed by atoms with Gasteiger partial charge in [-0.2, -0.15) is 18.2 Å². The lowest BCUT2D eigenvalue weighted by Crippen LogP contribution is -2.35. The average molecular weight is 488 g/mol. The highest BCUT2D eigenvalue weighted by Crippen LogP contribution is 2.38. The van der Waals surface area contributed by atoms with Gasteiger partial charge in [-0.15, -0.1) is 9.78 Å². The Morgan fingerprint density at radius 2 is 1.84 bits per heavy atom. The molecule has 1 amide bonds. The standard InChI is InChI=1S/C16H11F3N6O5S2/c17-16(18,19)9-6-7-12(11(8-9)25(27)28)31-14-21-13(20)24(22-14)15(26)23-32(29,30)10-4-2-1-3-5-10/h1-8H,(H,23,26)(H2,20,21,22). The Morgan fingerprint density at radius 1 is 1.19 bits per heavy atom. The van der Waals surface area contributed by atoms with Crippen LogP contribution in [-0.2, 0) is 16.2 Å². The van der Waals surface area contributed by atoms with Gasteiger partial charge in [0.25, 0.3) is 15.7 Å². The van der Waals surface area contributed by atoms with Crippen molar-refractivity contribution in [3.63, 3.8) is 0 Å². The Morgan fingerprint density at radius 3 is 2.44 bits per heavy atom. The van der Waals surface area contributed by atoms with Crippen molar-refractivity contribution in [1.29, 1.82) is 0 Å². The minimum Gasteiger partial charge on any atom is -0.368 e. The molecule has 3 rings (SSSR count). The van der Waals surface area contributed by atoms with Crippen molar-refractivity contribution in [2.75, 3.05) is 5.73 Å². The van der Waals surface area contributed by atoms with Gasteiger partial charge in [-0.1, -0.05) is 18.2 Å². The minimum atomic E-state index is -4.79. The van der Waals surface area contributed by atoms with Gasteiger partial charge < -0.3 is 5.73 Å². The van der Waals surface area contributed by atoms with Crippen molar-refractivity contribution in [2.24, 2.45) is 0 Å². The van der Waals surface area contributed by atoms with Crippen LogP contribution in [0, 0.1) is 10.1 Å². The van der Waals surface area contributed by atoms with Crippen LogP contribution in [0.15, 0.2) is 63.5 Å². The van der Waals surface area contributed by atoms with E-state index in [4.69, 9.17) is 5.73 Å². The molecule has 0 aliphatic heterocycles. The molecule has 0 unspecified atom stereocenters. The molecule has 0 saturated carbocycles. The number of nitrogens with zero attached hydrogens (tertiary/aromatic N) is 4. The lowest BCUT2D eigenvalue weighted by molar-refractivity contribution is -0.388. The van der Waals surface area contributed by atoms with Crippen LogP contribution in [0.1, 0.15) is 5.56 Å². The molecule has 0 radical (unpaired) electrons. The van der Waals surface area contributed by atoms with E-state index in [1.54, 1.807) is 10.8 Å². The average Bonchev–Trinajstić information content (AvgIpc) is 3.08. The van der Waals surface area contributed by atoms with Crippen LogP contribution in [0.4, 0.5) is 29.6 Å². The lowest BCUT2D eigenvalue weighted by atomic mass is 10.2. The van der Waals surface area contributed by atoms with E-state index in [-0.39, 0.29) is 14.9 Å². The number of carbonyl (C=O) groups excluding carboxylic acids is 1. The number of carbonyl (C=O) groups is 1. The number of halogens is 3. The number of sulfonamides is 1. The summed E-state index contributed by atoms with van der Waals surface area (Å²) < 4.78 is 65.1. The fourth-order valence-corrected chi connectivity index (χ4v) is 4.12. The quantitative estimate of drug-likeness (QED) is 0.406. The lowest BCUT2D eigenvalue weighted by Gasteiger charge is -2.07. The molecule has 0 atom stereocenters. The fourth-order valence-electron chi connectivity index (χ4n) is 2.33. The predicted molar refractivity (Wildman–Crippen MR) is 104 cm³/mol. The van der Waals surface area contributed by atoms with Gasteiger partial charge in [0.1, 0.15) is 0 Å². The van der Waals surface area contributed by atoms with Gasteiger partial charge >= 0.3 is 12.2 Å². The van der Waals surface area contributed by atoms with Crippen LogP contribution in [0.3, 0.4) is 0 Å². The third-order valence-electron chi connectivity index (χ3n) is 3.76. The molecule has 0 fully saturated rings. The van der Waals surface area contributed by atoms with E-state index in [1.165, 1.54) is 24.3 Å². The number of amides is 1. The van der Waals surface area contributed by atoms with Crippen molar-refractivity contribution in [2.45, 2.75) is 21.1 Å². The van der Waals surface area contributed by atoms with Crippen molar-refractivity contribution in [3.05, 3.63) is 64.2 Å². The highest BCUT2D eigenvalue weighted by atomic mass is 32.2. The SMILES string of the molecule is Nc1nc(Sc2ccc(C(F)(F)F)cc2[N+](=O)[O-])nn1C(=O)NS(=O)(=O)c1ccccc1. The van der Waals surface area contributed by atoms with E-state index < -0.39 is 44.4 Å². The van der Waals surface area contributed by atoms with Crippen molar-refractivity contribution in [1.82, 2.24) is 19.5 Å². The maximum absolute atomic E-state index is 12.8. The number of nitro benzene ring substituents is 1. The van der Waals surface area contributed by atoms with Gasteiger partial charge in [0.15, 0.2) is 0 Å². The van der Waals surface area contributed by atoms with Gasteiger partial charge in [0, 0.05) is 6.07 Å². The van der Waals surface area contributed by atoms with Crippen LogP contribution in [0.2, 0.25) is 0 Å². The number of rotatable bonds is 5. The molecule has 2 aromatic carbocycles. The molecule has 168 valence electrons. The second-order valence-electron chi connectivity index (χ2n) is 5.93. The third-order valence-corrected chi connectivity index (χ3v) is 6.02. The summed E-state index contributed by atoms with van der Waals surface area (Å²) in [7, 11) is -4.26. The minimum absolute atomic E-state index is 0.206. The number of aromatic nitrogens is 3. The first-order valence-corrected chi connectivity index (χ1v) is 10.6. The molecule has 0 aliphatic rings. The Hall–Kier alpha value is -3.66. The molecule has 0 aliphatic carbocycles. The number of nitrogens with two attached hydrogens (primary N) is 1. The first-order chi connectivity index (χ1) is 14.9. The zero-order valence-corrected chi connectivity index (χ0v) is 17.1. The summed E-state index contributed by atoms with van der Waals surface area (Å²) in [4.78, 5) is 25.7. The number of nitrogens with one attached hydrogen (secondary N) is 1. The Kier molecular flexibility index (Phi) is 6.09. The summed E-state index contributed by atoms with van der Waals surface area (Å²) in [6, 6.07) is 7.48. The maximum atomic E-state index is 12.8. The van der Waals surface area contributed by atoms with Gasteiger partial charge in [-0.05, 0) is 36.0 Å². The van der Waals surface area contributed by atoms with Crippen molar-refractivity contribution in [3.8, 4) is 0 Å². The molecule has 3 N–H and O–H groups in total. The molecule has 1 heterocycles. The van der Waals surface area contributed by atoms with Crippen LogP contribution in [0.25, 0.3) is 0 Å². The summed E-state index contributed by atoms with van der Waals surface area (Å²) in [5, 5.41) is 14.5. The second-order valence-corrected chi connectivity index (χ2v) is 8.62. The van der Waals surface area contributed by atoms with E-state index in [0.29, 0.717) is 28.6 Å². The molecule has 1 aromatic heterocycles. The van der Waals surface area contributed by atoms with E-state index in [9.17, 15) is 36.5 Å². The number of nitrogen functional groups attached to an aromatic ring is 1. The third kappa shape index (κ3) is 4.97. The Bertz CT molecular complexity index is 1300. The molecule has 3 aromatic rings. The van der Waals surface area contributed by atoms with Gasteiger partial charge in [0.2, 0.25) is 11.1 Å². The van der Waals surface area contributed by atoms with E-state index in [0.717, 1.165) is 6.07 Å². The molecule has 16 heteroatoms. The monoisotopic (exact) mass is 488 g/mol. The van der Waals surface area contributed by atoms with E-state index >= 15 is 0 Å². The van der Waals surface area contributed by atoms with Crippen LogP contribution in [0.5, 0.6) is 0 Å². The number of anilines is 1. The van der Waals surface area contributed by atoms with Crippen LogP contribution in [-0.4, -0.2) is 34.1 Å². The van der Waals surface area contributed by atoms with Gasteiger partial charge in [-0.3, -0.25) is 10.1 Å². The first kappa shape index (κ1) is 23.0. The zero-order valence-electron chi connectivity index (χ0n) is 15.5. The number of nitro groups is 1. The zero-order chi connectivity index (χ0) is 23.7. The number of hydrogen-bond donors (Lipinski definition) is 2. The smallest absolute Gasteiger partial charge is 0.368 e. The summed E-state index contributed by atoms with van der Waals surface area (Å²) in [6.45, 7) is 0. The first-order valence-electron chi connectivity index (χ1n) is 8.27. The predicted octanol–water partition coefficient (Wildman–Crippen LogP) is 2.89. The van der Waals surface area contributed by atoms with Gasteiger partial charge in [0.05, 0.1) is 20.3 Å². The van der Waals surface area contributed by atoms with Crippen LogP contribution < -0.4 is 10.5 Å². The second kappa shape index (κ2) is 8.46. The molecule has 11 nitrogen and oxygen atoms in total. The molecular weight excluding hydrogens is 477 g/mol. The van der Waals surface area contributed by atoms with Crippen molar-refractivity contribution < 1.29 is 31.3 Å². The maximum Gasteiger partial charge on any atom is 0.416 e. The highest BCUT2D eigenvalue weighted by Gasteiger charge is 2.33. The van der Waals surface area contributed by atoms with E-state index in [2.05, 4.69) is 10.1 Å². The number of alkyl halides is 3. The number of hydrogen-bond acceptors (Lipinski definition) is 9. The topological polar surface area (TPSA) is 163 Å². The Balaban J connectivity index is 1.86. The van der Waals surface area contributed by atoms with Crippen LogP contribution >= 0.6 is 11.8 Å². The summed E-state index contributed by atoms with van der Waals surface area (Å²) in [5.74, 6) is -0.553. The number of benzene rings is 2. The largest absolute Gasteiger partial charge is 0.416 e. The van der Waals surface area contributed by atoms with Gasteiger partial charge in [-0.25, -0.2) is 17.9 Å².